The Balaban J connectivity index is 2.58. The first kappa shape index (κ1) is 6.79. The third-order valence-corrected chi connectivity index (χ3v) is 1.88. The summed E-state index contributed by atoms with van der Waals surface area (Å²) in [5, 5.41) is 0. The van der Waals surface area contributed by atoms with Gasteiger partial charge in [-0.25, -0.2) is 0 Å². The monoisotopic (exact) mass is 125 g/mol. The van der Waals surface area contributed by atoms with E-state index in [2.05, 4.69) is 32.0 Å². The molecule has 0 spiro atoms. The zero-order valence-electron chi connectivity index (χ0n) is 6.52. The van der Waals surface area contributed by atoms with E-state index in [4.69, 9.17) is 0 Å². The van der Waals surface area contributed by atoms with Crippen molar-refractivity contribution < 1.29 is 0 Å². The van der Waals surface area contributed by atoms with E-state index < -0.39 is 0 Å². The second kappa shape index (κ2) is 2.13. The van der Waals surface area contributed by atoms with Crippen molar-refractivity contribution in [1.82, 2.24) is 0 Å². The van der Waals surface area contributed by atoms with Crippen molar-refractivity contribution in [1.29, 1.82) is 0 Å². The van der Waals surface area contributed by atoms with E-state index in [0.717, 1.165) is 0 Å². The number of nitrogens with zero attached hydrogens (tertiary/aromatic N) is 1. The summed E-state index contributed by atoms with van der Waals surface area (Å²) in [5.41, 5.74) is 0.368. The van der Waals surface area contributed by atoms with Gasteiger partial charge in [-0.2, -0.15) is 0 Å². The van der Waals surface area contributed by atoms with Gasteiger partial charge in [0.05, 0.1) is 0 Å². The van der Waals surface area contributed by atoms with Gasteiger partial charge in [-0.05, 0) is 25.2 Å². The first-order valence-corrected chi connectivity index (χ1v) is 3.64. The summed E-state index contributed by atoms with van der Waals surface area (Å²) in [7, 11) is 0. The molecule has 9 heavy (non-hydrogen) atoms. The van der Waals surface area contributed by atoms with Crippen molar-refractivity contribution >= 4 is 6.21 Å². The SMILES string of the molecule is C[C@H]1CCC(C)(C)C=N1. The van der Waals surface area contributed by atoms with Crippen LogP contribution in [0.25, 0.3) is 0 Å². The minimum atomic E-state index is 0.368. The van der Waals surface area contributed by atoms with Gasteiger partial charge in [0.1, 0.15) is 0 Å². The lowest BCUT2D eigenvalue weighted by molar-refractivity contribution is 0.416. The second-order valence-electron chi connectivity index (χ2n) is 3.65. The molecule has 1 rings (SSSR count). The van der Waals surface area contributed by atoms with Crippen LogP contribution in [0.1, 0.15) is 33.6 Å². The van der Waals surface area contributed by atoms with Crippen LogP contribution in [0.2, 0.25) is 0 Å². The van der Waals surface area contributed by atoms with Gasteiger partial charge in [0.15, 0.2) is 0 Å². The third-order valence-electron chi connectivity index (χ3n) is 1.88. The molecule has 0 aromatic rings. The lowest BCUT2D eigenvalue weighted by Crippen LogP contribution is -2.21. The lowest BCUT2D eigenvalue weighted by atomic mass is 9.85. The quantitative estimate of drug-likeness (QED) is 0.471. The molecule has 1 nitrogen and oxygen atoms in total. The van der Waals surface area contributed by atoms with Gasteiger partial charge in [0, 0.05) is 12.3 Å². The zero-order chi connectivity index (χ0) is 6.91. The Labute approximate surface area is 57.2 Å². The first-order valence-electron chi connectivity index (χ1n) is 3.64. The molecule has 0 saturated carbocycles. The van der Waals surface area contributed by atoms with E-state index in [0.29, 0.717) is 11.5 Å². The van der Waals surface area contributed by atoms with Crippen LogP contribution >= 0.6 is 0 Å². The van der Waals surface area contributed by atoms with E-state index >= 15 is 0 Å². The van der Waals surface area contributed by atoms with Crippen LogP contribution < -0.4 is 0 Å². The zero-order valence-corrected chi connectivity index (χ0v) is 6.52. The van der Waals surface area contributed by atoms with Crippen molar-refractivity contribution in [2.75, 3.05) is 0 Å². The summed E-state index contributed by atoms with van der Waals surface area (Å²) in [6.45, 7) is 6.65. The molecule has 0 unspecified atom stereocenters. The number of rotatable bonds is 0. The van der Waals surface area contributed by atoms with Crippen LogP contribution in [-0.4, -0.2) is 12.3 Å². The minimum Gasteiger partial charge on any atom is -0.294 e. The number of aliphatic imine (C=N–C) groups is 1. The fraction of sp³-hybridized carbons (Fsp3) is 0.875. The fourth-order valence-electron chi connectivity index (χ4n) is 1.05. The molecule has 0 aromatic carbocycles. The van der Waals surface area contributed by atoms with E-state index in [1.165, 1.54) is 12.8 Å². The average Bonchev–Trinajstić information content (AvgIpc) is 1.78. The van der Waals surface area contributed by atoms with Crippen LogP contribution in [-0.2, 0) is 0 Å². The maximum atomic E-state index is 4.36. The van der Waals surface area contributed by atoms with Crippen molar-refractivity contribution in [2.45, 2.75) is 39.7 Å². The largest absolute Gasteiger partial charge is 0.294 e. The van der Waals surface area contributed by atoms with Gasteiger partial charge in [-0.3, -0.25) is 4.99 Å². The number of hydrogen-bond donors (Lipinski definition) is 0. The van der Waals surface area contributed by atoms with Crippen LogP contribution in [0.3, 0.4) is 0 Å². The van der Waals surface area contributed by atoms with Gasteiger partial charge >= 0.3 is 0 Å². The summed E-state index contributed by atoms with van der Waals surface area (Å²) in [6, 6.07) is 0.568. The molecule has 1 aliphatic heterocycles. The van der Waals surface area contributed by atoms with Gasteiger partial charge < -0.3 is 0 Å². The molecule has 1 heteroatoms. The fourth-order valence-corrected chi connectivity index (χ4v) is 1.05. The summed E-state index contributed by atoms with van der Waals surface area (Å²) in [4.78, 5) is 4.36. The highest BCUT2D eigenvalue weighted by atomic mass is 14.8. The topological polar surface area (TPSA) is 12.4 Å². The Morgan fingerprint density at radius 1 is 1.56 bits per heavy atom. The summed E-state index contributed by atoms with van der Waals surface area (Å²) >= 11 is 0. The van der Waals surface area contributed by atoms with E-state index in [-0.39, 0.29) is 0 Å². The molecule has 1 atom stereocenters. The smallest absolute Gasteiger partial charge is 0.0468 e. The van der Waals surface area contributed by atoms with Gasteiger partial charge in [-0.1, -0.05) is 13.8 Å². The van der Waals surface area contributed by atoms with Crippen molar-refractivity contribution in [3.8, 4) is 0 Å². The summed E-state index contributed by atoms with van der Waals surface area (Å²) < 4.78 is 0. The lowest BCUT2D eigenvalue weighted by Gasteiger charge is -2.25. The third kappa shape index (κ3) is 1.81. The van der Waals surface area contributed by atoms with Crippen molar-refractivity contribution in [3.05, 3.63) is 0 Å². The molecule has 0 aromatic heterocycles. The normalized spacial score (nSPS) is 32.6. The molecular formula is C8H15N. The Bertz CT molecular complexity index is 125. The Morgan fingerprint density at radius 2 is 2.22 bits per heavy atom. The van der Waals surface area contributed by atoms with Crippen molar-refractivity contribution in [2.24, 2.45) is 10.4 Å². The van der Waals surface area contributed by atoms with E-state index in [1.54, 1.807) is 0 Å². The Morgan fingerprint density at radius 3 is 2.56 bits per heavy atom. The second-order valence-corrected chi connectivity index (χ2v) is 3.65. The molecule has 52 valence electrons. The molecule has 0 aliphatic carbocycles. The van der Waals surface area contributed by atoms with Crippen molar-refractivity contribution in [3.63, 3.8) is 0 Å². The standard InChI is InChI=1S/C8H15N/c1-7-4-5-8(2,3)6-9-7/h6-7H,4-5H2,1-3H3/t7-/m0/s1. The van der Waals surface area contributed by atoms with Crippen LogP contribution in [0.15, 0.2) is 4.99 Å². The van der Waals surface area contributed by atoms with Crippen LogP contribution in [0.5, 0.6) is 0 Å². The molecule has 0 amide bonds. The van der Waals surface area contributed by atoms with Gasteiger partial charge in [0.25, 0.3) is 0 Å². The maximum absolute atomic E-state index is 4.36. The molecule has 0 radical (unpaired) electrons. The molecule has 0 fully saturated rings. The highest BCUT2D eigenvalue weighted by molar-refractivity contribution is 5.65. The molecular weight excluding hydrogens is 110 g/mol. The molecule has 0 bridgehead atoms. The predicted octanol–water partition coefficient (Wildman–Crippen LogP) is 2.27. The molecule has 0 N–H and O–H groups in total. The Hall–Kier alpha value is -0.330. The Kier molecular flexibility index (Phi) is 1.60. The average molecular weight is 125 g/mol. The summed E-state index contributed by atoms with van der Waals surface area (Å²) in [6.07, 6.45) is 4.64. The van der Waals surface area contributed by atoms with Gasteiger partial charge in [-0.15, -0.1) is 0 Å². The first-order chi connectivity index (χ1) is 4.10. The van der Waals surface area contributed by atoms with E-state index in [9.17, 15) is 0 Å². The molecule has 0 saturated heterocycles. The van der Waals surface area contributed by atoms with Crippen LogP contribution in [0, 0.1) is 5.41 Å². The molecule has 1 heterocycles. The van der Waals surface area contributed by atoms with Crippen LogP contribution in [0.4, 0.5) is 0 Å². The number of hydrogen-bond acceptors (Lipinski definition) is 1. The molecule has 1 aliphatic rings. The van der Waals surface area contributed by atoms with E-state index in [1.807, 2.05) is 0 Å². The van der Waals surface area contributed by atoms with Gasteiger partial charge in [0.2, 0.25) is 0 Å². The minimum absolute atomic E-state index is 0.368. The maximum Gasteiger partial charge on any atom is 0.0468 e. The predicted molar refractivity (Wildman–Crippen MR) is 41.0 cm³/mol. The highest BCUT2D eigenvalue weighted by Crippen LogP contribution is 2.25. The highest BCUT2D eigenvalue weighted by Gasteiger charge is 2.19. The summed E-state index contributed by atoms with van der Waals surface area (Å²) in [5.74, 6) is 0.